The van der Waals surface area contributed by atoms with Gasteiger partial charge in [0, 0.05) is 6.54 Å². The maximum Gasteiger partial charge on any atom is 0.0670 e. The molecule has 0 amide bonds. The SMILES string of the molecule is CC(OCCN(C)C)C(CO)(CO)CO. The summed E-state index contributed by atoms with van der Waals surface area (Å²) in [4.78, 5) is 1.98. The Morgan fingerprint density at radius 3 is 1.93 bits per heavy atom. The summed E-state index contributed by atoms with van der Waals surface area (Å²) in [5.41, 5.74) is -0.952. The van der Waals surface area contributed by atoms with Crippen molar-refractivity contribution in [2.45, 2.75) is 13.0 Å². The van der Waals surface area contributed by atoms with Crippen molar-refractivity contribution in [1.82, 2.24) is 4.90 Å². The van der Waals surface area contributed by atoms with Crippen molar-refractivity contribution >= 4 is 0 Å². The fraction of sp³-hybridized carbons (Fsp3) is 1.00. The van der Waals surface area contributed by atoms with E-state index in [2.05, 4.69) is 0 Å². The maximum atomic E-state index is 9.15. The van der Waals surface area contributed by atoms with Gasteiger partial charge in [-0.3, -0.25) is 0 Å². The van der Waals surface area contributed by atoms with Crippen molar-refractivity contribution in [3.8, 4) is 0 Å². The van der Waals surface area contributed by atoms with Crippen LogP contribution in [-0.4, -0.2) is 73.4 Å². The monoisotopic (exact) mass is 221 g/mol. The Bertz CT molecular complexity index is 151. The highest BCUT2D eigenvalue weighted by Gasteiger charge is 2.35. The average Bonchev–Trinajstić information content (AvgIpc) is 2.21. The van der Waals surface area contributed by atoms with Gasteiger partial charge in [0.1, 0.15) is 0 Å². The lowest BCUT2D eigenvalue weighted by Gasteiger charge is -2.34. The number of hydrogen-bond acceptors (Lipinski definition) is 5. The van der Waals surface area contributed by atoms with Gasteiger partial charge in [-0.2, -0.15) is 0 Å². The van der Waals surface area contributed by atoms with E-state index in [-0.39, 0.29) is 25.9 Å². The van der Waals surface area contributed by atoms with Gasteiger partial charge in [0.05, 0.1) is 37.9 Å². The minimum Gasteiger partial charge on any atom is -0.396 e. The van der Waals surface area contributed by atoms with E-state index in [0.29, 0.717) is 6.61 Å². The molecule has 0 saturated carbocycles. The number of aliphatic hydroxyl groups is 3. The first kappa shape index (κ1) is 14.8. The summed E-state index contributed by atoms with van der Waals surface area (Å²) < 4.78 is 5.47. The Labute approximate surface area is 91.3 Å². The van der Waals surface area contributed by atoms with Crippen molar-refractivity contribution in [3.63, 3.8) is 0 Å². The first-order chi connectivity index (χ1) is 7.02. The molecule has 0 rings (SSSR count). The molecule has 0 spiro atoms. The van der Waals surface area contributed by atoms with Gasteiger partial charge in [-0.25, -0.2) is 0 Å². The van der Waals surface area contributed by atoms with Crippen LogP contribution in [0.2, 0.25) is 0 Å². The molecule has 0 fully saturated rings. The molecule has 0 bridgehead atoms. The molecule has 5 nitrogen and oxygen atoms in total. The topological polar surface area (TPSA) is 73.2 Å². The molecule has 0 radical (unpaired) electrons. The predicted octanol–water partition coefficient (Wildman–Crippen LogP) is -1.08. The normalized spacial score (nSPS) is 14.6. The zero-order valence-electron chi connectivity index (χ0n) is 9.81. The summed E-state index contributed by atoms with van der Waals surface area (Å²) in [6.45, 7) is 2.16. The van der Waals surface area contributed by atoms with Crippen molar-refractivity contribution in [3.05, 3.63) is 0 Å². The molecule has 0 aromatic heterocycles. The van der Waals surface area contributed by atoms with Gasteiger partial charge >= 0.3 is 0 Å². The first-order valence-electron chi connectivity index (χ1n) is 5.11. The summed E-state index contributed by atoms with van der Waals surface area (Å²) >= 11 is 0. The average molecular weight is 221 g/mol. The molecule has 1 unspecified atom stereocenters. The molecule has 1 atom stereocenters. The summed E-state index contributed by atoms with van der Waals surface area (Å²) in [7, 11) is 3.87. The molecular formula is C10H23NO4. The lowest BCUT2D eigenvalue weighted by atomic mass is 9.85. The second kappa shape index (κ2) is 7.14. The van der Waals surface area contributed by atoms with Gasteiger partial charge in [0.15, 0.2) is 0 Å². The summed E-state index contributed by atoms with van der Waals surface area (Å²) in [5.74, 6) is 0. The van der Waals surface area contributed by atoms with Crippen molar-refractivity contribution < 1.29 is 20.1 Å². The van der Waals surface area contributed by atoms with Gasteiger partial charge in [-0.15, -0.1) is 0 Å². The fourth-order valence-electron chi connectivity index (χ4n) is 1.12. The number of aliphatic hydroxyl groups excluding tert-OH is 3. The third kappa shape index (κ3) is 4.44. The molecule has 92 valence electrons. The van der Waals surface area contributed by atoms with Crippen LogP contribution in [0, 0.1) is 5.41 Å². The molecule has 0 aromatic carbocycles. The van der Waals surface area contributed by atoms with E-state index in [0.717, 1.165) is 6.54 Å². The Morgan fingerprint density at radius 1 is 1.13 bits per heavy atom. The summed E-state index contributed by atoms with van der Waals surface area (Å²) in [6.07, 6.45) is -0.377. The Hall–Kier alpha value is -0.200. The van der Waals surface area contributed by atoms with E-state index in [9.17, 15) is 0 Å². The van der Waals surface area contributed by atoms with E-state index in [1.165, 1.54) is 0 Å². The Kier molecular flexibility index (Phi) is 7.04. The van der Waals surface area contributed by atoms with Crippen LogP contribution in [0.25, 0.3) is 0 Å². The van der Waals surface area contributed by atoms with Crippen molar-refractivity contribution in [2.75, 3.05) is 47.1 Å². The number of nitrogens with zero attached hydrogens (tertiary/aromatic N) is 1. The van der Waals surface area contributed by atoms with Gasteiger partial charge in [0.2, 0.25) is 0 Å². The van der Waals surface area contributed by atoms with E-state index in [4.69, 9.17) is 20.1 Å². The van der Waals surface area contributed by atoms with Gasteiger partial charge < -0.3 is 25.0 Å². The zero-order chi connectivity index (χ0) is 11.9. The minimum atomic E-state index is -0.952. The first-order valence-corrected chi connectivity index (χ1v) is 5.11. The molecule has 0 aliphatic rings. The molecule has 3 N–H and O–H groups in total. The third-order valence-electron chi connectivity index (χ3n) is 2.71. The van der Waals surface area contributed by atoms with E-state index in [1.807, 2.05) is 19.0 Å². The van der Waals surface area contributed by atoms with Crippen LogP contribution in [0.1, 0.15) is 6.92 Å². The molecule has 15 heavy (non-hydrogen) atoms. The third-order valence-corrected chi connectivity index (χ3v) is 2.71. The van der Waals surface area contributed by atoms with Crippen LogP contribution >= 0.6 is 0 Å². The van der Waals surface area contributed by atoms with Crippen LogP contribution in [0.15, 0.2) is 0 Å². The highest BCUT2D eigenvalue weighted by atomic mass is 16.5. The largest absolute Gasteiger partial charge is 0.396 e. The second-order valence-corrected chi connectivity index (χ2v) is 4.15. The molecule has 0 saturated heterocycles. The highest BCUT2D eigenvalue weighted by molar-refractivity contribution is 4.83. The van der Waals surface area contributed by atoms with Crippen LogP contribution in [-0.2, 0) is 4.74 Å². The highest BCUT2D eigenvalue weighted by Crippen LogP contribution is 2.22. The van der Waals surface area contributed by atoms with E-state index < -0.39 is 5.41 Å². The van der Waals surface area contributed by atoms with Gasteiger partial charge in [0.25, 0.3) is 0 Å². The van der Waals surface area contributed by atoms with Gasteiger partial charge in [-0.05, 0) is 21.0 Å². The number of likely N-dealkylation sites (N-methyl/N-ethyl adjacent to an activating group) is 1. The molecule has 0 heterocycles. The van der Waals surface area contributed by atoms with Crippen molar-refractivity contribution in [1.29, 1.82) is 0 Å². The number of ether oxygens (including phenoxy) is 1. The lowest BCUT2D eigenvalue weighted by molar-refractivity contribution is -0.106. The molecule has 0 aliphatic carbocycles. The smallest absolute Gasteiger partial charge is 0.0670 e. The van der Waals surface area contributed by atoms with Gasteiger partial charge in [-0.1, -0.05) is 0 Å². The minimum absolute atomic E-state index is 0.289. The second-order valence-electron chi connectivity index (χ2n) is 4.15. The zero-order valence-corrected chi connectivity index (χ0v) is 9.81. The number of hydrogen-bond donors (Lipinski definition) is 3. The van der Waals surface area contributed by atoms with Crippen LogP contribution in [0.3, 0.4) is 0 Å². The summed E-state index contributed by atoms with van der Waals surface area (Å²) in [6, 6.07) is 0. The number of rotatable bonds is 8. The maximum absolute atomic E-state index is 9.15. The quantitative estimate of drug-likeness (QED) is 0.486. The van der Waals surface area contributed by atoms with E-state index in [1.54, 1.807) is 6.92 Å². The lowest BCUT2D eigenvalue weighted by Crippen LogP contribution is -2.45. The Morgan fingerprint density at radius 2 is 1.60 bits per heavy atom. The molecular weight excluding hydrogens is 198 g/mol. The molecule has 0 aromatic rings. The van der Waals surface area contributed by atoms with Crippen molar-refractivity contribution in [2.24, 2.45) is 5.41 Å². The van der Waals surface area contributed by atoms with E-state index >= 15 is 0 Å². The van der Waals surface area contributed by atoms with Crippen LogP contribution < -0.4 is 0 Å². The van der Waals surface area contributed by atoms with Crippen LogP contribution in [0.4, 0.5) is 0 Å². The summed E-state index contributed by atoms with van der Waals surface area (Å²) in [5, 5.41) is 27.4. The van der Waals surface area contributed by atoms with Crippen LogP contribution in [0.5, 0.6) is 0 Å². The predicted molar refractivity (Wildman–Crippen MR) is 57.7 cm³/mol. The Balaban J connectivity index is 4.08. The fourth-order valence-corrected chi connectivity index (χ4v) is 1.12. The standard InChI is InChI=1S/C10H23NO4/c1-9(15-5-4-11(2)3)10(6-12,7-13)8-14/h9,12-14H,4-8H2,1-3H3. The molecule has 5 heteroatoms. The molecule has 0 aliphatic heterocycles.